The van der Waals surface area contributed by atoms with Gasteiger partial charge in [-0.1, -0.05) is 29.8 Å². The Kier molecular flexibility index (Phi) is 2.00. The zero-order valence-electron chi connectivity index (χ0n) is 9.58. The summed E-state index contributed by atoms with van der Waals surface area (Å²) < 4.78 is 5.76. The molecule has 0 spiro atoms. The number of aryl methyl sites for hydroxylation is 2. The van der Waals surface area contributed by atoms with Crippen LogP contribution in [0.4, 0.5) is 0 Å². The third-order valence-electron chi connectivity index (χ3n) is 3.15. The van der Waals surface area contributed by atoms with Gasteiger partial charge in [-0.05, 0) is 42.7 Å². The van der Waals surface area contributed by atoms with Crippen LogP contribution < -0.4 is 4.74 Å². The maximum absolute atomic E-state index is 5.76. The number of fused-ring (bicyclic) bond motifs is 3. The molecule has 1 heteroatoms. The lowest BCUT2D eigenvalue weighted by molar-refractivity contribution is 0.302. The molecule has 1 aliphatic rings. The first-order valence-electron chi connectivity index (χ1n) is 5.58. The SMILES string of the molecule is Cc1ccc2c(c1)-c1c(C)cccc1CO2. The van der Waals surface area contributed by atoms with E-state index in [1.165, 1.54) is 27.8 Å². The van der Waals surface area contributed by atoms with Crippen molar-refractivity contribution in [2.24, 2.45) is 0 Å². The Labute approximate surface area is 95.7 Å². The number of benzene rings is 2. The van der Waals surface area contributed by atoms with Crippen molar-refractivity contribution in [2.75, 3.05) is 0 Å². The second-order valence-corrected chi connectivity index (χ2v) is 4.40. The van der Waals surface area contributed by atoms with Crippen molar-refractivity contribution < 1.29 is 4.74 Å². The molecule has 0 aliphatic carbocycles. The maximum atomic E-state index is 5.76. The molecule has 16 heavy (non-hydrogen) atoms. The minimum absolute atomic E-state index is 0.688. The maximum Gasteiger partial charge on any atom is 0.127 e. The van der Waals surface area contributed by atoms with E-state index in [0.717, 1.165) is 5.75 Å². The molecule has 0 saturated heterocycles. The fraction of sp³-hybridized carbons (Fsp3) is 0.200. The van der Waals surface area contributed by atoms with Gasteiger partial charge in [0.1, 0.15) is 12.4 Å². The van der Waals surface area contributed by atoms with E-state index in [0.29, 0.717) is 6.61 Å². The van der Waals surface area contributed by atoms with Gasteiger partial charge in [0, 0.05) is 5.56 Å². The number of ether oxygens (including phenoxy) is 1. The fourth-order valence-electron chi connectivity index (χ4n) is 2.35. The van der Waals surface area contributed by atoms with Gasteiger partial charge in [0.15, 0.2) is 0 Å². The van der Waals surface area contributed by atoms with Crippen LogP contribution in [0.5, 0.6) is 5.75 Å². The average Bonchev–Trinajstić information content (AvgIpc) is 2.28. The molecule has 0 fully saturated rings. The first kappa shape index (κ1) is 9.46. The molecule has 80 valence electrons. The third kappa shape index (κ3) is 1.32. The molecule has 1 heterocycles. The van der Waals surface area contributed by atoms with Crippen molar-refractivity contribution in [1.29, 1.82) is 0 Å². The van der Waals surface area contributed by atoms with Gasteiger partial charge in [-0.15, -0.1) is 0 Å². The zero-order valence-corrected chi connectivity index (χ0v) is 9.58. The highest BCUT2D eigenvalue weighted by Crippen LogP contribution is 2.39. The molecule has 0 aromatic heterocycles. The Hall–Kier alpha value is -1.76. The van der Waals surface area contributed by atoms with Gasteiger partial charge in [-0.2, -0.15) is 0 Å². The molecule has 0 N–H and O–H groups in total. The van der Waals surface area contributed by atoms with Crippen molar-refractivity contribution in [3.8, 4) is 16.9 Å². The lowest BCUT2D eigenvalue weighted by Gasteiger charge is -2.22. The van der Waals surface area contributed by atoms with Crippen LogP contribution in [0.3, 0.4) is 0 Å². The highest BCUT2D eigenvalue weighted by molar-refractivity contribution is 5.78. The van der Waals surface area contributed by atoms with E-state index in [2.05, 4.69) is 50.2 Å². The van der Waals surface area contributed by atoms with E-state index in [-0.39, 0.29) is 0 Å². The van der Waals surface area contributed by atoms with Crippen LogP contribution in [0.2, 0.25) is 0 Å². The highest BCUT2D eigenvalue weighted by atomic mass is 16.5. The predicted molar refractivity (Wildman–Crippen MR) is 65.7 cm³/mol. The van der Waals surface area contributed by atoms with E-state index in [1.807, 2.05) is 0 Å². The van der Waals surface area contributed by atoms with Gasteiger partial charge < -0.3 is 4.74 Å². The van der Waals surface area contributed by atoms with Crippen LogP contribution in [0.15, 0.2) is 36.4 Å². The average molecular weight is 210 g/mol. The standard InChI is InChI=1S/C15H14O/c1-10-6-7-14-13(8-10)15-11(2)4-3-5-12(15)9-16-14/h3-8H,9H2,1-2H3. The van der Waals surface area contributed by atoms with Gasteiger partial charge in [-0.25, -0.2) is 0 Å². The molecule has 2 aromatic carbocycles. The fourth-order valence-corrected chi connectivity index (χ4v) is 2.35. The minimum atomic E-state index is 0.688. The van der Waals surface area contributed by atoms with Crippen molar-refractivity contribution >= 4 is 0 Å². The Bertz CT molecular complexity index is 555. The minimum Gasteiger partial charge on any atom is -0.488 e. The molecule has 0 unspecified atom stereocenters. The van der Waals surface area contributed by atoms with E-state index in [1.54, 1.807) is 0 Å². The second kappa shape index (κ2) is 3.38. The lowest BCUT2D eigenvalue weighted by atomic mass is 9.92. The van der Waals surface area contributed by atoms with Crippen LogP contribution in [-0.2, 0) is 6.61 Å². The van der Waals surface area contributed by atoms with E-state index in [4.69, 9.17) is 4.74 Å². The summed E-state index contributed by atoms with van der Waals surface area (Å²) in [6, 6.07) is 12.8. The summed E-state index contributed by atoms with van der Waals surface area (Å²) in [6.07, 6.45) is 0. The summed E-state index contributed by atoms with van der Waals surface area (Å²) in [7, 11) is 0. The lowest BCUT2D eigenvalue weighted by Crippen LogP contribution is -2.06. The summed E-state index contributed by atoms with van der Waals surface area (Å²) in [4.78, 5) is 0. The first-order valence-corrected chi connectivity index (χ1v) is 5.58. The number of hydrogen-bond donors (Lipinski definition) is 0. The highest BCUT2D eigenvalue weighted by Gasteiger charge is 2.18. The molecule has 0 saturated carbocycles. The van der Waals surface area contributed by atoms with Crippen molar-refractivity contribution in [3.05, 3.63) is 53.1 Å². The summed E-state index contributed by atoms with van der Waals surface area (Å²) in [5.74, 6) is 1.01. The molecule has 0 atom stereocenters. The third-order valence-corrected chi connectivity index (χ3v) is 3.15. The number of hydrogen-bond acceptors (Lipinski definition) is 1. The molecule has 3 rings (SSSR count). The van der Waals surface area contributed by atoms with Crippen LogP contribution in [0.1, 0.15) is 16.7 Å². The van der Waals surface area contributed by atoms with Crippen LogP contribution >= 0.6 is 0 Å². The first-order chi connectivity index (χ1) is 7.75. The molecule has 2 aromatic rings. The van der Waals surface area contributed by atoms with Gasteiger partial charge in [0.05, 0.1) is 0 Å². The molecular weight excluding hydrogens is 196 g/mol. The Morgan fingerprint density at radius 3 is 2.81 bits per heavy atom. The molecule has 1 aliphatic heterocycles. The molecule has 0 radical (unpaired) electrons. The normalized spacial score (nSPS) is 12.6. The topological polar surface area (TPSA) is 9.23 Å². The smallest absolute Gasteiger partial charge is 0.127 e. The summed E-state index contributed by atoms with van der Waals surface area (Å²) in [5, 5.41) is 0. The van der Waals surface area contributed by atoms with Gasteiger partial charge in [0.2, 0.25) is 0 Å². The summed E-state index contributed by atoms with van der Waals surface area (Å²) in [6.45, 7) is 4.97. The quantitative estimate of drug-likeness (QED) is 0.641. The van der Waals surface area contributed by atoms with Crippen LogP contribution in [-0.4, -0.2) is 0 Å². The van der Waals surface area contributed by atoms with E-state index >= 15 is 0 Å². The Morgan fingerprint density at radius 2 is 1.94 bits per heavy atom. The second-order valence-electron chi connectivity index (χ2n) is 4.40. The molecular formula is C15H14O. The Balaban J connectivity index is 2.32. The predicted octanol–water partition coefficient (Wildman–Crippen LogP) is 3.86. The summed E-state index contributed by atoms with van der Waals surface area (Å²) >= 11 is 0. The molecule has 0 amide bonds. The van der Waals surface area contributed by atoms with Crippen LogP contribution in [0, 0.1) is 13.8 Å². The van der Waals surface area contributed by atoms with Gasteiger partial charge >= 0.3 is 0 Å². The van der Waals surface area contributed by atoms with E-state index in [9.17, 15) is 0 Å². The monoisotopic (exact) mass is 210 g/mol. The van der Waals surface area contributed by atoms with Gasteiger partial charge in [0.25, 0.3) is 0 Å². The van der Waals surface area contributed by atoms with E-state index < -0.39 is 0 Å². The summed E-state index contributed by atoms with van der Waals surface area (Å²) in [5.41, 5.74) is 6.48. The Morgan fingerprint density at radius 1 is 1.06 bits per heavy atom. The molecule has 1 nitrogen and oxygen atoms in total. The largest absolute Gasteiger partial charge is 0.488 e. The van der Waals surface area contributed by atoms with Crippen molar-refractivity contribution in [1.82, 2.24) is 0 Å². The van der Waals surface area contributed by atoms with Crippen molar-refractivity contribution in [2.45, 2.75) is 20.5 Å². The molecule has 0 bridgehead atoms. The zero-order chi connectivity index (χ0) is 11.1. The van der Waals surface area contributed by atoms with Crippen molar-refractivity contribution in [3.63, 3.8) is 0 Å². The van der Waals surface area contributed by atoms with Gasteiger partial charge in [-0.3, -0.25) is 0 Å². The van der Waals surface area contributed by atoms with Crippen LogP contribution in [0.25, 0.3) is 11.1 Å². The number of rotatable bonds is 0.